The lowest BCUT2D eigenvalue weighted by Gasteiger charge is -2.43. The summed E-state index contributed by atoms with van der Waals surface area (Å²) in [7, 11) is -3.34. The van der Waals surface area contributed by atoms with Crippen LogP contribution in [0.25, 0.3) is 0 Å². The monoisotopic (exact) mass is 322 g/mol. The Morgan fingerprint density at radius 3 is 2.55 bits per heavy atom. The summed E-state index contributed by atoms with van der Waals surface area (Å²) >= 11 is 5.92. The third-order valence-electron chi connectivity index (χ3n) is 4.87. The Morgan fingerprint density at radius 2 is 1.90 bits per heavy atom. The molecule has 2 saturated heterocycles. The molecule has 0 aromatic carbocycles. The Kier molecular flexibility index (Phi) is 5.38. The van der Waals surface area contributed by atoms with Crippen molar-refractivity contribution in [2.75, 3.05) is 25.5 Å². The van der Waals surface area contributed by atoms with Crippen LogP contribution >= 0.6 is 11.6 Å². The zero-order valence-electron chi connectivity index (χ0n) is 12.8. The van der Waals surface area contributed by atoms with Gasteiger partial charge in [-0.1, -0.05) is 13.8 Å². The van der Waals surface area contributed by atoms with Crippen molar-refractivity contribution in [3.63, 3.8) is 0 Å². The average molecular weight is 323 g/mol. The number of hydrogen-bond acceptors (Lipinski definition) is 2. The summed E-state index contributed by atoms with van der Waals surface area (Å²) in [4.78, 5) is 0. The lowest BCUT2D eigenvalue weighted by Crippen LogP contribution is -2.55. The summed E-state index contributed by atoms with van der Waals surface area (Å²) < 4.78 is 29.2. The van der Waals surface area contributed by atoms with Crippen molar-refractivity contribution in [2.45, 2.75) is 46.1 Å². The van der Waals surface area contributed by atoms with Crippen LogP contribution in [0.4, 0.5) is 0 Å². The largest absolute Gasteiger partial charge is 0.282 e. The first-order valence-electron chi connectivity index (χ1n) is 7.69. The second kappa shape index (κ2) is 6.51. The smallest absolute Gasteiger partial charge is 0.195 e. The third kappa shape index (κ3) is 3.32. The van der Waals surface area contributed by atoms with Gasteiger partial charge < -0.3 is 0 Å². The van der Waals surface area contributed by atoms with Crippen molar-refractivity contribution in [1.29, 1.82) is 0 Å². The van der Waals surface area contributed by atoms with Gasteiger partial charge in [0.2, 0.25) is 0 Å². The van der Waals surface area contributed by atoms with Crippen LogP contribution in [0, 0.1) is 17.8 Å². The molecule has 0 aromatic rings. The molecule has 0 aromatic heterocycles. The van der Waals surface area contributed by atoms with E-state index in [1.54, 1.807) is 8.61 Å². The molecular formula is C14H27ClN2O2S. The maximum absolute atomic E-state index is 12.9. The van der Waals surface area contributed by atoms with E-state index < -0.39 is 10.2 Å². The molecule has 0 radical (unpaired) electrons. The van der Waals surface area contributed by atoms with Gasteiger partial charge in [-0.3, -0.25) is 0 Å². The Bertz CT molecular complexity index is 429. The zero-order chi connectivity index (χ0) is 14.9. The van der Waals surface area contributed by atoms with Crippen LogP contribution in [0.5, 0.6) is 0 Å². The standard InChI is InChI=1S/C14H27ClN2O2S/c1-11-7-12(2)13(3)17(9-11)20(18,19)16-6-4-5-14(8-15)10-16/h11-14H,4-10H2,1-3H3. The van der Waals surface area contributed by atoms with Crippen LogP contribution in [0.2, 0.25) is 0 Å². The van der Waals surface area contributed by atoms with Gasteiger partial charge in [-0.15, -0.1) is 11.6 Å². The average Bonchev–Trinajstić information content (AvgIpc) is 2.42. The molecule has 2 aliphatic rings. The van der Waals surface area contributed by atoms with Gasteiger partial charge >= 0.3 is 0 Å². The minimum atomic E-state index is -3.34. The summed E-state index contributed by atoms with van der Waals surface area (Å²) in [6, 6.07) is 0.0904. The molecule has 4 atom stereocenters. The van der Waals surface area contributed by atoms with Gasteiger partial charge in [0.15, 0.2) is 0 Å². The van der Waals surface area contributed by atoms with Gasteiger partial charge in [0.25, 0.3) is 10.2 Å². The van der Waals surface area contributed by atoms with Gasteiger partial charge in [-0.25, -0.2) is 0 Å². The maximum Gasteiger partial charge on any atom is 0.282 e. The lowest BCUT2D eigenvalue weighted by atomic mass is 9.88. The fourth-order valence-corrected chi connectivity index (χ4v) is 5.86. The van der Waals surface area contributed by atoms with Gasteiger partial charge in [0, 0.05) is 31.6 Å². The summed E-state index contributed by atoms with van der Waals surface area (Å²) in [5.74, 6) is 1.70. The fourth-order valence-electron chi connectivity index (χ4n) is 3.48. The Labute approximate surface area is 128 Å². The fraction of sp³-hybridized carbons (Fsp3) is 1.00. The second-order valence-electron chi connectivity index (χ2n) is 6.66. The molecule has 118 valence electrons. The molecule has 4 nitrogen and oxygen atoms in total. The van der Waals surface area contributed by atoms with Gasteiger partial charge in [0.05, 0.1) is 0 Å². The normalized spacial score (nSPS) is 38.0. The van der Waals surface area contributed by atoms with Crippen molar-refractivity contribution in [1.82, 2.24) is 8.61 Å². The van der Waals surface area contributed by atoms with Crippen LogP contribution in [0.1, 0.15) is 40.0 Å². The van der Waals surface area contributed by atoms with E-state index >= 15 is 0 Å². The van der Waals surface area contributed by atoms with Gasteiger partial charge in [-0.05, 0) is 43.9 Å². The molecule has 6 heteroatoms. The topological polar surface area (TPSA) is 40.6 Å². The minimum absolute atomic E-state index is 0.0904. The summed E-state index contributed by atoms with van der Waals surface area (Å²) in [5, 5.41) is 0. The molecule has 0 amide bonds. The number of piperidine rings is 2. The number of nitrogens with zero attached hydrogens (tertiary/aromatic N) is 2. The van der Waals surface area contributed by atoms with Crippen LogP contribution in [0.3, 0.4) is 0 Å². The molecule has 2 aliphatic heterocycles. The van der Waals surface area contributed by atoms with E-state index in [1.807, 2.05) is 6.92 Å². The van der Waals surface area contributed by atoms with E-state index in [-0.39, 0.29) is 6.04 Å². The Hall–Kier alpha value is 0.160. The second-order valence-corrected chi connectivity index (χ2v) is 8.85. The minimum Gasteiger partial charge on any atom is -0.195 e. The number of halogens is 1. The predicted octanol–water partition coefficient (Wildman–Crippen LogP) is 2.55. The maximum atomic E-state index is 12.9. The van der Waals surface area contributed by atoms with E-state index in [0.717, 1.165) is 19.3 Å². The highest BCUT2D eigenvalue weighted by atomic mass is 35.5. The molecule has 2 heterocycles. The quantitative estimate of drug-likeness (QED) is 0.749. The van der Waals surface area contributed by atoms with E-state index in [4.69, 9.17) is 11.6 Å². The first-order valence-corrected chi connectivity index (χ1v) is 9.62. The van der Waals surface area contributed by atoms with E-state index in [1.165, 1.54) is 0 Å². The molecule has 4 unspecified atom stereocenters. The first kappa shape index (κ1) is 16.5. The molecule has 20 heavy (non-hydrogen) atoms. The molecule has 0 saturated carbocycles. The first-order chi connectivity index (χ1) is 9.36. The van der Waals surface area contributed by atoms with Crippen molar-refractivity contribution in [3.05, 3.63) is 0 Å². The number of rotatable bonds is 3. The van der Waals surface area contributed by atoms with Crippen molar-refractivity contribution >= 4 is 21.8 Å². The summed E-state index contributed by atoms with van der Waals surface area (Å²) in [6.45, 7) is 8.20. The van der Waals surface area contributed by atoms with Crippen LogP contribution in [0.15, 0.2) is 0 Å². The van der Waals surface area contributed by atoms with Crippen LogP contribution in [-0.2, 0) is 10.2 Å². The Balaban J connectivity index is 2.16. The predicted molar refractivity (Wildman–Crippen MR) is 83.0 cm³/mol. The van der Waals surface area contributed by atoms with Crippen LogP contribution in [-0.4, -0.2) is 48.6 Å². The summed E-state index contributed by atoms with van der Waals surface area (Å²) in [6.07, 6.45) is 3.07. The SMILES string of the molecule is CC1CC(C)C(C)N(S(=O)(=O)N2CCCC(CCl)C2)C1. The third-order valence-corrected chi connectivity index (χ3v) is 7.36. The highest BCUT2D eigenvalue weighted by molar-refractivity contribution is 7.86. The molecule has 0 aliphatic carbocycles. The van der Waals surface area contributed by atoms with E-state index in [2.05, 4.69) is 13.8 Å². The number of hydrogen-bond donors (Lipinski definition) is 0. The Morgan fingerprint density at radius 1 is 1.20 bits per heavy atom. The molecule has 2 fully saturated rings. The van der Waals surface area contributed by atoms with Gasteiger partial charge in [-0.2, -0.15) is 17.0 Å². The summed E-state index contributed by atoms with van der Waals surface area (Å²) in [5.41, 5.74) is 0. The van der Waals surface area contributed by atoms with Crippen molar-refractivity contribution in [2.24, 2.45) is 17.8 Å². The molecule has 0 N–H and O–H groups in total. The molecule has 2 rings (SSSR count). The van der Waals surface area contributed by atoms with Crippen molar-refractivity contribution < 1.29 is 8.42 Å². The van der Waals surface area contributed by atoms with Gasteiger partial charge in [0.1, 0.15) is 0 Å². The highest BCUT2D eigenvalue weighted by Gasteiger charge is 2.40. The van der Waals surface area contributed by atoms with Crippen molar-refractivity contribution in [3.8, 4) is 0 Å². The highest BCUT2D eigenvalue weighted by Crippen LogP contribution is 2.31. The van der Waals surface area contributed by atoms with E-state index in [0.29, 0.717) is 43.3 Å². The molecule has 0 spiro atoms. The van der Waals surface area contributed by atoms with Crippen LogP contribution < -0.4 is 0 Å². The lowest BCUT2D eigenvalue weighted by molar-refractivity contribution is 0.142. The van der Waals surface area contributed by atoms with E-state index in [9.17, 15) is 8.42 Å². The number of alkyl halides is 1. The molecular weight excluding hydrogens is 296 g/mol. The molecule has 0 bridgehead atoms. The zero-order valence-corrected chi connectivity index (χ0v) is 14.3.